The maximum Gasteiger partial charge on any atom is 0.247 e. The average Bonchev–Trinajstić information content (AvgIpc) is 3.59. The number of aliphatic hydroxyl groups excluding tert-OH is 5. The molecule has 43 heavy (non-hydrogen) atoms. The van der Waals surface area contributed by atoms with Crippen LogP contribution in [0.1, 0.15) is 12.5 Å². The molecule has 13 nitrogen and oxygen atoms in total. The Balaban J connectivity index is 1.16. The van der Waals surface area contributed by atoms with E-state index in [1.807, 2.05) is 30.3 Å². The van der Waals surface area contributed by atoms with E-state index in [9.17, 15) is 35.4 Å². The van der Waals surface area contributed by atoms with E-state index in [1.54, 1.807) is 18.2 Å². The highest BCUT2D eigenvalue weighted by atomic mass is 16.7. The van der Waals surface area contributed by atoms with Gasteiger partial charge in [-0.25, -0.2) is 0 Å². The highest BCUT2D eigenvalue weighted by Crippen LogP contribution is 2.33. The van der Waals surface area contributed by atoms with Gasteiger partial charge in [-0.3, -0.25) is 4.79 Å². The summed E-state index contributed by atoms with van der Waals surface area (Å²) in [6.45, 7) is 1.57. The number of rotatable bonds is 9. The van der Waals surface area contributed by atoms with E-state index in [2.05, 4.69) is 5.32 Å². The molecule has 0 spiro atoms. The van der Waals surface area contributed by atoms with Crippen molar-refractivity contribution < 1.29 is 59.1 Å². The van der Waals surface area contributed by atoms with E-state index < -0.39 is 67.1 Å². The van der Waals surface area contributed by atoms with Crippen LogP contribution in [0.2, 0.25) is 0 Å². The maximum absolute atomic E-state index is 12.8. The number of fused-ring (bicyclic) bond motifs is 1. The Morgan fingerprint density at radius 3 is 2.40 bits per heavy atom. The van der Waals surface area contributed by atoms with E-state index >= 15 is 0 Å². The number of nitrogens with one attached hydrogen (secondary N) is 1. The molecule has 232 valence electrons. The smallest absolute Gasteiger partial charge is 0.247 e. The lowest BCUT2D eigenvalue weighted by Gasteiger charge is -2.41. The van der Waals surface area contributed by atoms with Gasteiger partial charge in [-0.2, -0.15) is 0 Å². The summed E-state index contributed by atoms with van der Waals surface area (Å²) in [4.78, 5) is 12.8. The lowest BCUT2D eigenvalue weighted by molar-refractivity contribution is -0.155. The van der Waals surface area contributed by atoms with Gasteiger partial charge in [-0.15, -0.1) is 0 Å². The topological polar surface area (TPSA) is 197 Å². The van der Waals surface area contributed by atoms with Gasteiger partial charge < -0.3 is 59.6 Å². The lowest BCUT2D eigenvalue weighted by atomic mass is 9.83. The van der Waals surface area contributed by atoms with Gasteiger partial charge in [0, 0.05) is 5.57 Å². The van der Waals surface area contributed by atoms with Crippen molar-refractivity contribution in [1.82, 2.24) is 5.32 Å². The molecular formula is C30H35NO12. The number of amides is 1. The van der Waals surface area contributed by atoms with Crippen LogP contribution in [0.3, 0.4) is 0 Å². The third kappa shape index (κ3) is 6.84. The van der Waals surface area contributed by atoms with Crippen molar-refractivity contribution in [3.8, 4) is 17.2 Å². The second-order valence-corrected chi connectivity index (χ2v) is 10.5. The van der Waals surface area contributed by atoms with Crippen molar-refractivity contribution in [3.63, 3.8) is 0 Å². The molecule has 7 N–H and O–H groups in total. The zero-order valence-corrected chi connectivity index (χ0v) is 23.2. The molecular weight excluding hydrogens is 566 g/mol. The molecule has 0 aromatic heterocycles. The van der Waals surface area contributed by atoms with Crippen LogP contribution in [0.5, 0.6) is 17.2 Å². The molecule has 1 amide bonds. The molecule has 10 atom stereocenters. The molecule has 2 heterocycles. The Morgan fingerprint density at radius 1 is 0.953 bits per heavy atom. The van der Waals surface area contributed by atoms with Gasteiger partial charge in [0.05, 0.1) is 6.04 Å². The summed E-state index contributed by atoms with van der Waals surface area (Å²) >= 11 is 0. The number of para-hydroxylation sites is 1. The van der Waals surface area contributed by atoms with Gasteiger partial charge in [0.25, 0.3) is 0 Å². The number of aromatic hydroxyl groups is 1. The number of carbonyl (C=O) groups excluding carboxylic acids is 1. The maximum atomic E-state index is 12.8. The zero-order valence-electron chi connectivity index (χ0n) is 23.2. The lowest BCUT2D eigenvalue weighted by Crippen LogP contribution is -2.67. The van der Waals surface area contributed by atoms with Crippen molar-refractivity contribution >= 4 is 12.0 Å². The minimum absolute atomic E-state index is 0.0247. The first-order valence-electron chi connectivity index (χ1n) is 13.8. The quantitative estimate of drug-likeness (QED) is 0.145. The minimum atomic E-state index is -1.49. The fourth-order valence-electron chi connectivity index (χ4n) is 5.16. The predicted octanol–water partition coefficient (Wildman–Crippen LogP) is -0.421. The largest absolute Gasteiger partial charge is 0.504 e. The first kappa shape index (κ1) is 30.9. The minimum Gasteiger partial charge on any atom is -0.504 e. The van der Waals surface area contributed by atoms with Crippen molar-refractivity contribution in [2.45, 2.75) is 68.1 Å². The summed E-state index contributed by atoms with van der Waals surface area (Å²) in [7, 11) is 0. The van der Waals surface area contributed by atoms with Crippen LogP contribution < -0.4 is 14.8 Å². The molecule has 1 aliphatic carbocycles. The molecule has 0 bridgehead atoms. The fraction of sp³-hybridized carbons (Fsp3) is 0.433. The van der Waals surface area contributed by atoms with E-state index in [-0.39, 0.29) is 30.5 Å². The summed E-state index contributed by atoms with van der Waals surface area (Å²) in [5, 5.41) is 65.2. The Bertz CT molecular complexity index is 1320. The highest BCUT2D eigenvalue weighted by Gasteiger charge is 2.53. The molecule has 2 aliphatic heterocycles. The van der Waals surface area contributed by atoms with Crippen molar-refractivity contribution in [3.05, 3.63) is 71.8 Å². The number of phenols is 1. The molecule has 2 saturated heterocycles. The van der Waals surface area contributed by atoms with Crippen LogP contribution in [0, 0.1) is 0 Å². The number of benzene rings is 2. The number of hydrogen-bond donors (Lipinski definition) is 7. The van der Waals surface area contributed by atoms with E-state index in [1.165, 1.54) is 25.1 Å². The molecule has 1 saturated carbocycles. The first-order valence-corrected chi connectivity index (χ1v) is 13.8. The van der Waals surface area contributed by atoms with Gasteiger partial charge in [-0.1, -0.05) is 30.3 Å². The summed E-state index contributed by atoms with van der Waals surface area (Å²) in [6, 6.07) is 12.2. The average molecular weight is 602 g/mol. The standard InChI is InChI=1S/C30H35NO12/c1-15(29(38)31-21-23(34)25(36)28-27(24(21)35)40-14-41-28)12-16-9-10-19(18(32)13-16)42-30-26(37)22(33)20(43-30)8-5-11-39-17-6-3-2-4-7-17/h2-10,12-13,20-28,30,32-37H,11,14H2,1H3,(H,31,38)/b8-5+,15-12+/t20?,21?,22-,23?,24+,25-,26?,27+,28-,30-/m1/s1. The van der Waals surface area contributed by atoms with Crippen molar-refractivity contribution in [2.24, 2.45) is 0 Å². The second-order valence-electron chi connectivity index (χ2n) is 10.5. The summed E-state index contributed by atoms with van der Waals surface area (Å²) in [6.07, 6.45) is -6.11. The van der Waals surface area contributed by atoms with E-state index in [4.69, 9.17) is 23.7 Å². The number of carbonyl (C=O) groups is 1. The van der Waals surface area contributed by atoms with Gasteiger partial charge in [0.1, 0.15) is 68.0 Å². The Labute approximate surface area is 247 Å². The van der Waals surface area contributed by atoms with Gasteiger partial charge in [-0.05, 0) is 48.9 Å². The van der Waals surface area contributed by atoms with E-state index in [0.29, 0.717) is 11.3 Å². The number of hydrogen-bond acceptors (Lipinski definition) is 12. The van der Waals surface area contributed by atoms with Gasteiger partial charge in [0.2, 0.25) is 12.2 Å². The summed E-state index contributed by atoms with van der Waals surface area (Å²) in [5.41, 5.74) is 0.596. The van der Waals surface area contributed by atoms with Crippen molar-refractivity contribution in [1.29, 1.82) is 0 Å². The van der Waals surface area contributed by atoms with Gasteiger partial charge >= 0.3 is 0 Å². The second kappa shape index (κ2) is 13.4. The Hall–Kier alpha value is -3.53. The zero-order chi connectivity index (χ0) is 30.7. The molecule has 4 unspecified atom stereocenters. The SMILES string of the molecule is C/C(=C\c1ccc(O[C@@H]2OC(/C=C/COc3ccccc3)[C@@H](O)C2O)c(O)c1)C(=O)NC1C(O)[C@@H](O)[C@H]2OCO[C@H]2[C@H]1O. The molecule has 5 rings (SSSR count). The normalized spacial score (nSPS) is 34.2. The summed E-state index contributed by atoms with van der Waals surface area (Å²) < 4.78 is 27.3. The van der Waals surface area contributed by atoms with Crippen LogP contribution >= 0.6 is 0 Å². The third-order valence-electron chi connectivity index (χ3n) is 7.54. The van der Waals surface area contributed by atoms with Crippen LogP contribution in [-0.2, 0) is 19.0 Å². The Kier molecular flexibility index (Phi) is 9.64. The van der Waals surface area contributed by atoms with Crippen LogP contribution in [-0.4, -0.2) is 111 Å². The number of ether oxygens (including phenoxy) is 5. The molecule has 13 heteroatoms. The van der Waals surface area contributed by atoms with Crippen molar-refractivity contribution in [2.75, 3.05) is 13.4 Å². The van der Waals surface area contributed by atoms with Gasteiger partial charge in [0.15, 0.2) is 11.5 Å². The van der Waals surface area contributed by atoms with E-state index in [0.717, 1.165) is 0 Å². The predicted molar refractivity (Wildman–Crippen MR) is 149 cm³/mol. The third-order valence-corrected chi connectivity index (χ3v) is 7.54. The van der Waals surface area contributed by atoms with Crippen LogP contribution in [0.4, 0.5) is 0 Å². The fourth-order valence-corrected chi connectivity index (χ4v) is 5.16. The van der Waals surface area contributed by atoms with Crippen LogP contribution in [0.25, 0.3) is 6.08 Å². The number of phenolic OH excluding ortho intramolecular Hbond substituents is 1. The molecule has 2 aromatic carbocycles. The molecule has 2 aromatic rings. The summed E-state index contributed by atoms with van der Waals surface area (Å²) in [5.74, 6) is -0.283. The van der Waals surface area contributed by atoms with Crippen LogP contribution in [0.15, 0.2) is 66.3 Å². The molecule has 3 aliphatic rings. The molecule has 3 fully saturated rings. The monoisotopic (exact) mass is 601 g/mol. The number of aliphatic hydroxyl groups is 5. The highest BCUT2D eigenvalue weighted by molar-refractivity contribution is 5.97. The first-order chi connectivity index (χ1) is 20.6. The molecule has 0 radical (unpaired) electrons. The Morgan fingerprint density at radius 2 is 1.67 bits per heavy atom.